The Morgan fingerprint density at radius 1 is 1.30 bits per heavy atom. The van der Waals surface area contributed by atoms with Gasteiger partial charge in [0, 0.05) is 12.1 Å². The number of aliphatic hydroxyl groups is 1. The van der Waals surface area contributed by atoms with Crippen molar-refractivity contribution in [1.29, 1.82) is 0 Å². The lowest BCUT2D eigenvalue weighted by Gasteiger charge is -2.37. The summed E-state index contributed by atoms with van der Waals surface area (Å²) >= 11 is 6.06. The van der Waals surface area contributed by atoms with Crippen LogP contribution in [0.4, 0.5) is 0 Å². The maximum Gasteiger partial charge on any atom is 0.245 e. The molecule has 0 amide bonds. The second-order valence-corrected chi connectivity index (χ2v) is 7.61. The van der Waals surface area contributed by atoms with Crippen molar-refractivity contribution in [2.75, 3.05) is 0 Å². The van der Waals surface area contributed by atoms with E-state index in [1.54, 1.807) is 10.4 Å². The first kappa shape index (κ1) is 15.8. The summed E-state index contributed by atoms with van der Waals surface area (Å²) in [4.78, 5) is 0.0892. The van der Waals surface area contributed by atoms with Crippen LogP contribution in [0, 0.1) is 0 Å². The first-order valence-electron chi connectivity index (χ1n) is 6.80. The minimum absolute atomic E-state index is 0.0300. The van der Waals surface area contributed by atoms with Gasteiger partial charge >= 0.3 is 0 Å². The highest BCUT2D eigenvalue weighted by Gasteiger charge is 2.36. The lowest BCUT2D eigenvalue weighted by Crippen LogP contribution is -2.47. The Balaban J connectivity index is 2.49. The molecule has 1 aliphatic rings. The Morgan fingerprint density at radius 2 is 1.90 bits per heavy atom. The molecule has 2 unspecified atom stereocenters. The largest absolute Gasteiger partial charge is 0.392 e. The number of sulfonamides is 1. The number of hydrogen-bond acceptors (Lipinski definition) is 3. The fourth-order valence-corrected chi connectivity index (χ4v) is 5.24. The highest BCUT2D eigenvalue weighted by atomic mass is 35.5. The summed E-state index contributed by atoms with van der Waals surface area (Å²) in [5, 5.41) is 9.38. The average Bonchev–Trinajstić information content (AvgIpc) is 2.38. The van der Waals surface area contributed by atoms with Crippen LogP contribution in [0.15, 0.2) is 23.1 Å². The van der Waals surface area contributed by atoms with E-state index >= 15 is 0 Å². The van der Waals surface area contributed by atoms with E-state index in [2.05, 4.69) is 0 Å². The van der Waals surface area contributed by atoms with Crippen LogP contribution in [-0.2, 0) is 16.6 Å². The van der Waals surface area contributed by atoms with E-state index in [1.807, 2.05) is 13.8 Å². The second kappa shape index (κ2) is 6.02. The minimum Gasteiger partial charge on any atom is -0.392 e. The summed E-state index contributed by atoms with van der Waals surface area (Å²) in [5.74, 6) is 0. The van der Waals surface area contributed by atoms with E-state index in [9.17, 15) is 13.5 Å². The zero-order valence-electron chi connectivity index (χ0n) is 11.7. The molecule has 0 aliphatic carbocycles. The van der Waals surface area contributed by atoms with Crippen LogP contribution >= 0.6 is 11.6 Å². The molecule has 1 saturated heterocycles. The fourth-order valence-electron chi connectivity index (χ4n) is 2.83. The standard InChI is InChI=1S/C14H20ClNO3S/c1-10-4-3-5-11(2)16(10)20(18,19)14-8-12(9-17)6-7-13(14)15/h6-8,10-11,17H,3-5,9H2,1-2H3. The third kappa shape index (κ3) is 2.86. The van der Waals surface area contributed by atoms with E-state index in [-0.39, 0.29) is 28.6 Å². The lowest BCUT2D eigenvalue weighted by atomic mass is 10.0. The molecule has 1 aromatic rings. The van der Waals surface area contributed by atoms with Gasteiger partial charge in [-0.05, 0) is 44.4 Å². The van der Waals surface area contributed by atoms with Gasteiger partial charge in [0.25, 0.3) is 0 Å². The predicted molar refractivity (Wildman–Crippen MR) is 79.2 cm³/mol. The molecular formula is C14H20ClNO3S. The van der Waals surface area contributed by atoms with E-state index in [4.69, 9.17) is 11.6 Å². The van der Waals surface area contributed by atoms with Gasteiger partial charge in [-0.1, -0.05) is 24.1 Å². The van der Waals surface area contributed by atoms with Gasteiger partial charge in [0.2, 0.25) is 10.0 Å². The molecule has 1 aromatic carbocycles. The molecular weight excluding hydrogens is 298 g/mol. The molecule has 2 atom stereocenters. The normalized spacial score (nSPS) is 24.8. The second-order valence-electron chi connectivity index (χ2n) is 5.39. The number of benzene rings is 1. The number of rotatable bonds is 3. The monoisotopic (exact) mass is 317 g/mol. The number of hydrogen-bond donors (Lipinski definition) is 1. The number of aliphatic hydroxyl groups excluding tert-OH is 1. The first-order chi connectivity index (χ1) is 9.37. The van der Waals surface area contributed by atoms with E-state index in [1.165, 1.54) is 12.1 Å². The zero-order chi connectivity index (χ0) is 14.9. The molecule has 112 valence electrons. The molecule has 1 heterocycles. The molecule has 0 bridgehead atoms. The van der Waals surface area contributed by atoms with Crippen LogP contribution in [0.25, 0.3) is 0 Å². The van der Waals surface area contributed by atoms with Crippen molar-refractivity contribution >= 4 is 21.6 Å². The van der Waals surface area contributed by atoms with Crippen LogP contribution < -0.4 is 0 Å². The van der Waals surface area contributed by atoms with Crippen molar-refractivity contribution < 1.29 is 13.5 Å². The van der Waals surface area contributed by atoms with Gasteiger partial charge in [0.1, 0.15) is 4.90 Å². The van der Waals surface area contributed by atoms with Gasteiger partial charge in [0.05, 0.1) is 11.6 Å². The van der Waals surface area contributed by atoms with Gasteiger partial charge in [-0.2, -0.15) is 4.31 Å². The third-order valence-corrected chi connectivity index (χ3v) is 6.46. The number of piperidine rings is 1. The molecule has 20 heavy (non-hydrogen) atoms. The van der Waals surface area contributed by atoms with Gasteiger partial charge in [-0.15, -0.1) is 0 Å². The molecule has 0 spiro atoms. The van der Waals surface area contributed by atoms with Gasteiger partial charge < -0.3 is 5.11 Å². The predicted octanol–water partition coefficient (Wildman–Crippen LogP) is 2.78. The summed E-state index contributed by atoms with van der Waals surface area (Å²) in [5.41, 5.74) is 0.547. The highest BCUT2D eigenvalue weighted by molar-refractivity contribution is 7.89. The third-order valence-electron chi connectivity index (χ3n) is 3.85. The van der Waals surface area contributed by atoms with Crippen molar-refractivity contribution in [2.45, 2.75) is 56.7 Å². The molecule has 0 aromatic heterocycles. The van der Waals surface area contributed by atoms with Crippen molar-refractivity contribution in [3.63, 3.8) is 0 Å². The molecule has 2 rings (SSSR count). The summed E-state index contributed by atoms with van der Waals surface area (Å²) in [6.45, 7) is 3.65. The van der Waals surface area contributed by atoms with Crippen molar-refractivity contribution in [3.05, 3.63) is 28.8 Å². The topological polar surface area (TPSA) is 57.6 Å². The Labute approximate surface area is 125 Å². The van der Waals surface area contributed by atoms with Crippen LogP contribution in [0.2, 0.25) is 5.02 Å². The van der Waals surface area contributed by atoms with Gasteiger partial charge in [-0.3, -0.25) is 0 Å². The summed E-state index contributed by atoms with van der Waals surface area (Å²) in [7, 11) is -3.63. The molecule has 0 radical (unpaired) electrons. The lowest BCUT2D eigenvalue weighted by molar-refractivity contribution is 0.204. The Kier molecular flexibility index (Phi) is 4.74. The zero-order valence-corrected chi connectivity index (χ0v) is 13.3. The van der Waals surface area contributed by atoms with Crippen LogP contribution in [0.1, 0.15) is 38.7 Å². The maximum atomic E-state index is 12.9. The van der Waals surface area contributed by atoms with Crippen LogP contribution in [-0.4, -0.2) is 29.9 Å². The molecule has 4 nitrogen and oxygen atoms in total. The van der Waals surface area contributed by atoms with Gasteiger partial charge in [-0.25, -0.2) is 8.42 Å². The number of halogens is 1. The molecule has 1 N–H and O–H groups in total. The fraction of sp³-hybridized carbons (Fsp3) is 0.571. The quantitative estimate of drug-likeness (QED) is 0.932. The average molecular weight is 318 g/mol. The highest BCUT2D eigenvalue weighted by Crippen LogP contribution is 2.33. The summed E-state index contributed by atoms with van der Waals surface area (Å²) in [6.07, 6.45) is 2.76. The smallest absolute Gasteiger partial charge is 0.245 e. The number of nitrogens with zero attached hydrogens (tertiary/aromatic N) is 1. The summed E-state index contributed by atoms with van der Waals surface area (Å²) < 4.78 is 27.3. The van der Waals surface area contributed by atoms with Crippen molar-refractivity contribution in [3.8, 4) is 0 Å². The van der Waals surface area contributed by atoms with E-state index in [0.29, 0.717) is 5.56 Å². The van der Waals surface area contributed by atoms with Crippen molar-refractivity contribution in [2.24, 2.45) is 0 Å². The maximum absolute atomic E-state index is 12.9. The Bertz CT molecular complexity index is 578. The van der Waals surface area contributed by atoms with Crippen LogP contribution in [0.3, 0.4) is 0 Å². The molecule has 0 saturated carbocycles. The SMILES string of the molecule is CC1CCCC(C)N1S(=O)(=O)c1cc(CO)ccc1Cl. The minimum atomic E-state index is -3.63. The molecule has 6 heteroatoms. The Hall–Kier alpha value is -0.620. The van der Waals surface area contributed by atoms with E-state index < -0.39 is 10.0 Å². The van der Waals surface area contributed by atoms with Crippen LogP contribution in [0.5, 0.6) is 0 Å². The van der Waals surface area contributed by atoms with E-state index in [0.717, 1.165) is 19.3 Å². The first-order valence-corrected chi connectivity index (χ1v) is 8.62. The Morgan fingerprint density at radius 3 is 2.45 bits per heavy atom. The molecule has 1 aliphatic heterocycles. The molecule has 1 fully saturated rings. The summed E-state index contributed by atoms with van der Waals surface area (Å²) in [6, 6.07) is 4.56. The van der Waals surface area contributed by atoms with Gasteiger partial charge in [0.15, 0.2) is 0 Å². The van der Waals surface area contributed by atoms with Crippen molar-refractivity contribution in [1.82, 2.24) is 4.31 Å².